The van der Waals surface area contributed by atoms with Crippen LogP contribution in [0, 0.1) is 0 Å². The Hall–Kier alpha value is -1.88. The van der Waals surface area contributed by atoms with Gasteiger partial charge in [-0.25, -0.2) is 0 Å². The Kier molecular flexibility index (Phi) is 3.22. The van der Waals surface area contributed by atoms with E-state index < -0.39 is 5.60 Å². The van der Waals surface area contributed by atoms with Crippen LogP contribution in [-0.4, -0.2) is 32.8 Å². The van der Waals surface area contributed by atoms with Crippen molar-refractivity contribution in [2.75, 3.05) is 7.11 Å². The summed E-state index contributed by atoms with van der Waals surface area (Å²) in [6.07, 6.45) is 4.67. The number of hydrogen-bond donors (Lipinski definition) is 1. The summed E-state index contributed by atoms with van der Waals surface area (Å²) in [5, 5.41) is 18.8. The molecule has 5 nitrogen and oxygen atoms in total. The van der Waals surface area contributed by atoms with Crippen molar-refractivity contribution in [2.45, 2.75) is 31.3 Å². The lowest BCUT2D eigenvalue weighted by Crippen LogP contribution is -2.38. The molecule has 0 spiro atoms. The molecule has 1 N–H and O–H groups in total. The van der Waals surface area contributed by atoms with Crippen molar-refractivity contribution >= 4 is 0 Å². The van der Waals surface area contributed by atoms with Crippen LogP contribution in [-0.2, 0) is 26.3 Å². The van der Waals surface area contributed by atoms with E-state index in [2.05, 4.69) is 16.4 Å². The number of aryl methyl sites for hydroxylation is 2. The van der Waals surface area contributed by atoms with Crippen molar-refractivity contribution in [2.24, 2.45) is 7.05 Å². The molecule has 5 heteroatoms. The third-order valence-corrected chi connectivity index (χ3v) is 3.95. The number of rotatable bonds is 3. The van der Waals surface area contributed by atoms with Crippen molar-refractivity contribution in [3.8, 4) is 5.75 Å². The van der Waals surface area contributed by atoms with Gasteiger partial charge in [-0.05, 0) is 36.1 Å². The van der Waals surface area contributed by atoms with E-state index in [1.807, 2.05) is 25.4 Å². The van der Waals surface area contributed by atoms with Gasteiger partial charge < -0.3 is 9.84 Å². The van der Waals surface area contributed by atoms with E-state index in [0.717, 1.165) is 24.3 Å². The van der Waals surface area contributed by atoms with Crippen LogP contribution in [0.25, 0.3) is 0 Å². The standard InChI is InChI=1S/C15H19N3O2/c1-18-10-13(16-17-18)9-15(19)6-5-11-3-4-14(20-2)7-12(11)8-15/h3-4,7,10,19H,5-6,8-9H2,1-2H3. The molecule has 1 aliphatic carbocycles. The minimum Gasteiger partial charge on any atom is -0.497 e. The summed E-state index contributed by atoms with van der Waals surface area (Å²) in [5.74, 6) is 0.840. The highest BCUT2D eigenvalue weighted by molar-refractivity contribution is 5.38. The molecule has 2 aromatic rings. The Morgan fingerprint density at radius 3 is 2.95 bits per heavy atom. The molecule has 20 heavy (non-hydrogen) atoms. The molecular weight excluding hydrogens is 254 g/mol. The minimum atomic E-state index is -0.741. The normalized spacial score (nSPS) is 21.6. The first-order valence-corrected chi connectivity index (χ1v) is 6.81. The van der Waals surface area contributed by atoms with Crippen LogP contribution in [0.2, 0.25) is 0 Å². The molecule has 1 atom stereocenters. The molecule has 0 aliphatic heterocycles. The fourth-order valence-corrected chi connectivity index (χ4v) is 2.91. The molecule has 0 amide bonds. The highest BCUT2D eigenvalue weighted by atomic mass is 16.5. The van der Waals surface area contributed by atoms with Crippen LogP contribution < -0.4 is 4.74 Å². The number of nitrogens with zero attached hydrogens (tertiary/aromatic N) is 3. The summed E-state index contributed by atoms with van der Waals surface area (Å²) in [6.45, 7) is 0. The average molecular weight is 273 g/mol. The van der Waals surface area contributed by atoms with Crippen molar-refractivity contribution in [3.05, 3.63) is 41.2 Å². The zero-order valence-electron chi connectivity index (χ0n) is 11.8. The lowest BCUT2D eigenvalue weighted by molar-refractivity contribution is 0.0257. The predicted octanol–water partition coefficient (Wildman–Crippen LogP) is 1.29. The molecule has 1 aromatic carbocycles. The molecule has 0 bridgehead atoms. The molecule has 1 aliphatic rings. The van der Waals surface area contributed by atoms with E-state index in [1.54, 1.807) is 11.8 Å². The van der Waals surface area contributed by atoms with Gasteiger partial charge in [0.15, 0.2) is 0 Å². The number of methoxy groups -OCH3 is 1. The minimum absolute atomic E-state index is 0.539. The van der Waals surface area contributed by atoms with Gasteiger partial charge in [-0.1, -0.05) is 11.3 Å². The van der Waals surface area contributed by atoms with E-state index in [0.29, 0.717) is 12.8 Å². The zero-order valence-corrected chi connectivity index (χ0v) is 11.8. The fraction of sp³-hybridized carbons (Fsp3) is 0.467. The van der Waals surface area contributed by atoms with E-state index in [1.165, 1.54) is 11.1 Å². The SMILES string of the molecule is COc1ccc2c(c1)CC(O)(Cc1cn(C)nn1)CC2. The first-order valence-electron chi connectivity index (χ1n) is 6.81. The van der Waals surface area contributed by atoms with Crippen LogP contribution in [0.1, 0.15) is 23.2 Å². The summed E-state index contributed by atoms with van der Waals surface area (Å²) >= 11 is 0. The summed E-state index contributed by atoms with van der Waals surface area (Å²) in [6, 6.07) is 6.10. The van der Waals surface area contributed by atoms with Crippen molar-refractivity contribution in [3.63, 3.8) is 0 Å². The first-order chi connectivity index (χ1) is 9.58. The van der Waals surface area contributed by atoms with Crippen LogP contribution in [0.15, 0.2) is 24.4 Å². The van der Waals surface area contributed by atoms with Crippen molar-refractivity contribution in [1.82, 2.24) is 15.0 Å². The van der Waals surface area contributed by atoms with Gasteiger partial charge in [0.1, 0.15) is 5.75 Å². The second kappa shape index (κ2) is 4.90. The quantitative estimate of drug-likeness (QED) is 0.915. The maximum absolute atomic E-state index is 10.8. The van der Waals surface area contributed by atoms with E-state index in [4.69, 9.17) is 4.74 Å². The van der Waals surface area contributed by atoms with Gasteiger partial charge >= 0.3 is 0 Å². The van der Waals surface area contributed by atoms with Crippen molar-refractivity contribution in [1.29, 1.82) is 0 Å². The predicted molar refractivity (Wildman–Crippen MR) is 74.7 cm³/mol. The molecule has 1 heterocycles. The van der Waals surface area contributed by atoms with Gasteiger partial charge in [0, 0.05) is 26.1 Å². The molecular formula is C15H19N3O2. The number of hydrogen-bond acceptors (Lipinski definition) is 4. The largest absolute Gasteiger partial charge is 0.497 e. The topological polar surface area (TPSA) is 60.2 Å². The lowest BCUT2D eigenvalue weighted by atomic mass is 9.78. The Morgan fingerprint density at radius 1 is 1.40 bits per heavy atom. The zero-order chi connectivity index (χ0) is 14.2. The molecule has 0 saturated heterocycles. The van der Waals surface area contributed by atoms with Crippen LogP contribution in [0.4, 0.5) is 0 Å². The highest BCUT2D eigenvalue weighted by Gasteiger charge is 2.33. The van der Waals surface area contributed by atoms with Gasteiger partial charge in [-0.3, -0.25) is 4.68 Å². The van der Waals surface area contributed by atoms with Crippen LogP contribution >= 0.6 is 0 Å². The van der Waals surface area contributed by atoms with E-state index in [9.17, 15) is 5.11 Å². The lowest BCUT2D eigenvalue weighted by Gasteiger charge is -2.33. The average Bonchev–Trinajstić information content (AvgIpc) is 2.82. The molecule has 0 radical (unpaired) electrons. The van der Waals surface area contributed by atoms with Gasteiger partial charge in [-0.15, -0.1) is 5.10 Å². The monoisotopic (exact) mass is 273 g/mol. The number of fused-ring (bicyclic) bond motifs is 1. The number of aromatic nitrogens is 3. The third-order valence-electron chi connectivity index (χ3n) is 3.95. The third kappa shape index (κ3) is 2.54. The highest BCUT2D eigenvalue weighted by Crippen LogP contribution is 2.33. The second-order valence-corrected chi connectivity index (χ2v) is 5.60. The molecule has 3 rings (SSSR count). The van der Waals surface area contributed by atoms with Crippen molar-refractivity contribution < 1.29 is 9.84 Å². The molecule has 1 unspecified atom stereocenters. The molecule has 0 fully saturated rings. The van der Waals surface area contributed by atoms with E-state index >= 15 is 0 Å². The summed E-state index contributed by atoms with van der Waals surface area (Å²) < 4.78 is 6.93. The van der Waals surface area contributed by atoms with Gasteiger partial charge in [0.25, 0.3) is 0 Å². The molecule has 106 valence electrons. The number of benzene rings is 1. The first kappa shape index (κ1) is 13.1. The second-order valence-electron chi connectivity index (χ2n) is 5.60. The summed E-state index contributed by atoms with van der Waals surface area (Å²) in [7, 11) is 3.50. The Morgan fingerprint density at radius 2 is 2.25 bits per heavy atom. The smallest absolute Gasteiger partial charge is 0.119 e. The van der Waals surface area contributed by atoms with Gasteiger partial charge in [-0.2, -0.15) is 0 Å². The summed E-state index contributed by atoms with van der Waals surface area (Å²) in [4.78, 5) is 0. The Balaban J connectivity index is 1.82. The maximum atomic E-state index is 10.8. The van der Waals surface area contributed by atoms with Gasteiger partial charge in [0.05, 0.1) is 18.4 Å². The van der Waals surface area contributed by atoms with Crippen LogP contribution in [0.3, 0.4) is 0 Å². The maximum Gasteiger partial charge on any atom is 0.119 e. The van der Waals surface area contributed by atoms with E-state index in [-0.39, 0.29) is 0 Å². The fourth-order valence-electron chi connectivity index (χ4n) is 2.91. The Labute approximate surface area is 118 Å². The Bertz CT molecular complexity index is 623. The van der Waals surface area contributed by atoms with Gasteiger partial charge in [0.2, 0.25) is 0 Å². The number of aliphatic hydroxyl groups is 1. The number of ether oxygens (including phenoxy) is 1. The van der Waals surface area contributed by atoms with Crippen LogP contribution in [0.5, 0.6) is 5.75 Å². The molecule has 0 saturated carbocycles. The molecule has 1 aromatic heterocycles. The summed E-state index contributed by atoms with van der Waals surface area (Å²) in [5.41, 5.74) is 2.56.